The van der Waals surface area contributed by atoms with Crippen molar-refractivity contribution in [1.82, 2.24) is 19.8 Å². The second-order valence-corrected chi connectivity index (χ2v) is 9.13. The summed E-state index contributed by atoms with van der Waals surface area (Å²) in [6.45, 7) is 11.6. The largest absolute Gasteiger partial charge is 0.359 e. The van der Waals surface area contributed by atoms with Gasteiger partial charge in [0.25, 0.3) is 0 Å². The van der Waals surface area contributed by atoms with Crippen molar-refractivity contribution in [1.29, 1.82) is 0 Å². The first-order valence-corrected chi connectivity index (χ1v) is 10.9. The molecule has 0 saturated heterocycles. The number of rotatable bonds is 6. The third-order valence-electron chi connectivity index (χ3n) is 6.04. The highest BCUT2D eigenvalue weighted by molar-refractivity contribution is 5.98. The predicted octanol–water partition coefficient (Wildman–Crippen LogP) is 3.76. The fraction of sp³-hybridized carbons (Fsp3) is 0.542. The molecule has 162 valence electrons. The maximum Gasteiger partial charge on any atom is 0.223 e. The number of carbonyl (C=O) groups excluding carboxylic acids is 2. The molecule has 1 aromatic heterocycles. The average Bonchev–Trinajstić information content (AvgIpc) is 2.94. The zero-order valence-corrected chi connectivity index (χ0v) is 18.9. The fourth-order valence-corrected chi connectivity index (χ4v) is 4.18. The lowest BCUT2D eigenvalue weighted by Gasteiger charge is -2.28. The molecule has 2 heterocycles. The van der Waals surface area contributed by atoms with Gasteiger partial charge < -0.3 is 9.88 Å². The van der Waals surface area contributed by atoms with Crippen LogP contribution in [0.4, 0.5) is 0 Å². The average molecular weight is 411 g/mol. The summed E-state index contributed by atoms with van der Waals surface area (Å²) < 4.78 is 2.21. The lowest BCUT2D eigenvalue weighted by molar-refractivity contribution is -0.127. The van der Waals surface area contributed by atoms with Gasteiger partial charge in [-0.2, -0.15) is 0 Å². The summed E-state index contributed by atoms with van der Waals surface area (Å²) in [6, 6.07) is 10.0. The number of nitrogens with zero attached hydrogens (tertiary/aromatic N) is 3. The molecule has 0 bridgehead atoms. The highest BCUT2D eigenvalue weighted by atomic mass is 16.2. The van der Waals surface area contributed by atoms with E-state index in [1.165, 1.54) is 0 Å². The van der Waals surface area contributed by atoms with E-state index in [-0.39, 0.29) is 23.5 Å². The number of hydrogen-bond acceptors (Lipinski definition) is 4. The lowest BCUT2D eigenvalue weighted by Crippen LogP contribution is -2.37. The molecule has 1 amide bonds. The van der Waals surface area contributed by atoms with Crippen LogP contribution >= 0.6 is 0 Å². The van der Waals surface area contributed by atoms with Crippen molar-refractivity contribution in [2.45, 2.75) is 53.6 Å². The van der Waals surface area contributed by atoms with Gasteiger partial charge in [-0.3, -0.25) is 14.5 Å². The van der Waals surface area contributed by atoms with E-state index in [9.17, 15) is 9.59 Å². The Morgan fingerprint density at radius 3 is 2.47 bits per heavy atom. The number of nitrogens with one attached hydrogen (secondary N) is 1. The number of ketones is 1. The monoisotopic (exact) mass is 410 g/mol. The number of hydrogen-bond donors (Lipinski definition) is 1. The minimum Gasteiger partial charge on any atom is -0.359 e. The topological polar surface area (TPSA) is 67.2 Å². The molecule has 1 aliphatic heterocycles. The Hall–Kier alpha value is -2.47. The third kappa shape index (κ3) is 4.64. The molecule has 0 spiro atoms. The molecular weight excluding hydrogens is 376 g/mol. The second-order valence-electron chi connectivity index (χ2n) is 9.13. The molecule has 3 rings (SSSR count). The molecule has 0 aliphatic carbocycles. The van der Waals surface area contributed by atoms with E-state index in [0.29, 0.717) is 12.2 Å². The Labute approximate surface area is 179 Å². The van der Waals surface area contributed by atoms with Crippen molar-refractivity contribution in [2.24, 2.45) is 11.3 Å². The van der Waals surface area contributed by atoms with Gasteiger partial charge in [0.05, 0.1) is 11.6 Å². The molecule has 0 unspecified atom stereocenters. The van der Waals surface area contributed by atoms with E-state index in [4.69, 9.17) is 4.98 Å². The summed E-state index contributed by atoms with van der Waals surface area (Å²) in [7, 11) is 1.63. The van der Waals surface area contributed by atoms with Gasteiger partial charge in [-0.15, -0.1) is 0 Å². The summed E-state index contributed by atoms with van der Waals surface area (Å²) in [5, 5.41) is 2.72. The second kappa shape index (κ2) is 9.13. The van der Waals surface area contributed by atoms with E-state index in [2.05, 4.69) is 21.7 Å². The van der Waals surface area contributed by atoms with Crippen molar-refractivity contribution in [3.8, 4) is 11.4 Å². The molecule has 2 aromatic rings. The minimum absolute atomic E-state index is 0.0533. The van der Waals surface area contributed by atoms with Crippen molar-refractivity contribution < 1.29 is 9.59 Å². The molecular formula is C24H34N4O2. The first-order valence-electron chi connectivity index (χ1n) is 10.9. The van der Waals surface area contributed by atoms with Gasteiger partial charge in [0.2, 0.25) is 5.91 Å². The summed E-state index contributed by atoms with van der Waals surface area (Å²) in [6.07, 6.45) is 1.18. The van der Waals surface area contributed by atoms with Crippen LogP contribution in [0.2, 0.25) is 0 Å². The van der Waals surface area contributed by atoms with Crippen molar-refractivity contribution in [3.05, 3.63) is 41.7 Å². The Morgan fingerprint density at radius 1 is 1.17 bits per heavy atom. The van der Waals surface area contributed by atoms with Crippen LogP contribution < -0.4 is 5.32 Å². The Bertz CT molecular complexity index is 896. The van der Waals surface area contributed by atoms with Crippen LogP contribution in [-0.2, 0) is 17.9 Å². The fourth-order valence-electron chi connectivity index (χ4n) is 4.18. The molecule has 1 aromatic carbocycles. The van der Waals surface area contributed by atoms with E-state index in [1.807, 2.05) is 51.1 Å². The summed E-state index contributed by atoms with van der Waals surface area (Å²) in [5.74, 6) is 0.293. The van der Waals surface area contributed by atoms with Crippen LogP contribution in [0.1, 0.15) is 56.7 Å². The van der Waals surface area contributed by atoms with Crippen LogP contribution in [0.15, 0.2) is 30.3 Å². The van der Waals surface area contributed by atoms with Crippen LogP contribution in [0.3, 0.4) is 0 Å². The first-order chi connectivity index (χ1) is 14.3. The van der Waals surface area contributed by atoms with E-state index in [0.717, 1.165) is 43.1 Å². The quantitative estimate of drug-likeness (QED) is 0.737. The van der Waals surface area contributed by atoms with E-state index < -0.39 is 5.92 Å². The van der Waals surface area contributed by atoms with Crippen molar-refractivity contribution in [3.63, 3.8) is 0 Å². The molecule has 1 atom stereocenters. The zero-order chi connectivity index (χ0) is 21.9. The lowest BCUT2D eigenvalue weighted by atomic mass is 9.77. The number of aromatic nitrogens is 2. The molecule has 6 nitrogen and oxygen atoms in total. The minimum atomic E-state index is -0.402. The maximum atomic E-state index is 13.5. The van der Waals surface area contributed by atoms with Crippen molar-refractivity contribution >= 4 is 11.7 Å². The molecule has 1 N–H and O–H groups in total. The van der Waals surface area contributed by atoms with E-state index >= 15 is 0 Å². The number of Topliss-reactive ketones (excluding diaryl/α,β-unsaturated/α-hetero) is 1. The van der Waals surface area contributed by atoms with Gasteiger partial charge >= 0.3 is 0 Å². The summed E-state index contributed by atoms with van der Waals surface area (Å²) >= 11 is 0. The van der Waals surface area contributed by atoms with Gasteiger partial charge in [0.1, 0.15) is 11.5 Å². The Morgan fingerprint density at radius 2 is 1.87 bits per heavy atom. The molecule has 0 saturated carbocycles. The summed E-state index contributed by atoms with van der Waals surface area (Å²) in [4.78, 5) is 33.2. The standard InChI is InChI=1S/C24H34N4O2/c1-6-27-13-10-14-28-19(16-27)21(26-22(28)17-11-8-7-9-12-17)20(29)15-18(23(30)25-5)24(2,3)4/h7-9,11-12,18H,6,10,13-16H2,1-5H3,(H,25,30)/t18-/m1/s1. The third-order valence-corrected chi connectivity index (χ3v) is 6.04. The number of benzene rings is 1. The zero-order valence-electron chi connectivity index (χ0n) is 18.9. The molecule has 6 heteroatoms. The van der Waals surface area contributed by atoms with Crippen LogP contribution in [0.25, 0.3) is 11.4 Å². The van der Waals surface area contributed by atoms with Crippen molar-refractivity contribution in [2.75, 3.05) is 20.1 Å². The summed E-state index contributed by atoms with van der Waals surface area (Å²) in [5.41, 5.74) is 2.20. The number of amides is 1. The van der Waals surface area contributed by atoms with Crippen LogP contribution in [0.5, 0.6) is 0 Å². The molecule has 0 radical (unpaired) electrons. The Balaban J connectivity index is 2.04. The van der Waals surface area contributed by atoms with Gasteiger partial charge in [-0.25, -0.2) is 4.98 Å². The molecule has 1 aliphatic rings. The van der Waals surface area contributed by atoms with Gasteiger partial charge in [0, 0.05) is 38.7 Å². The Kier molecular flexibility index (Phi) is 6.76. The predicted molar refractivity (Wildman–Crippen MR) is 119 cm³/mol. The number of carbonyl (C=O) groups is 2. The number of imidazole rings is 1. The SMILES string of the molecule is CCN1CCCn2c(-c3ccccc3)nc(C(=O)C[C@H](C(=O)NC)C(C)(C)C)c2C1. The van der Waals surface area contributed by atoms with Gasteiger partial charge in [0.15, 0.2) is 5.78 Å². The van der Waals surface area contributed by atoms with Gasteiger partial charge in [-0.05, 0) is 18.4 Å². The number of fused-ring (bicyclic) bond motifs is 1. The maximum absolute atomic E-state index is 13.5. The first kappa shape index (κ1) is 22.2. The normalized spacial score (nSPS) is 15.9. The highest BCUT2D eigenvalue weighted by Gasteiger charge is 2.35. The van der Waals surface area contributed by atoms with Crippen LogP contribution in [0, 0.1) is 11.3 Å². The van der Waals surface area contributed by atoms with Gasteiger partial charge in [-0.1, -0.05) is 58.0 Å². The smallest absolute Gasteiger partial charge is 0.223 e. The van der Waals surface area contributed by atoms with E-state index in [1.54, 1.807) is 7.05 Å². The molecule has 0 fully saturated rings. The molecule has 30 heavy (non-hydrogen) atoms. The van der Waals surface area contributed by atoms with Crippen LogP contribution in [-0.4, -0.2) is 46.3 Å². The highest BCUT2D eigenvalue weighted by Crippen LogP contribution is 2.32.